The zero-order valence-corrected chi connectivity index (χ0v) is 34.1. The molecule has 0 saturated carbocycles. The number of halogens is 1. The number of nitrogens with zero attached hydrogens (tertiary/aromatic N) is 3. The van der Waals surface area contributed by atoms with Gasteiger partial charge in [-0.15, -0.1) is 0 Å². The number of carbonyl (C=O) groups is 6. The molecule has 59 heavy (non-hydrogen) atoms. The SMILES string of the molecule is COC(=O)N[C@H]1CCc2ccn3c2C1C(=O)C[C@H](C(=O)NCC(=O)c1ccc(-c2ccc(-c4nc([C@@H]5CCCN5C(=O)[C@@H](NC(=O)OC)C(C)C)[nH]c4Cl)cc2)cc1)C3. The predicted octanol–water partition coefficient (Wildman–Crippen LogP) is 5.59. The number of nitrogens with one attached hydrogen (secondary N) is 4. The number of hydrogen-bond acceptors (Lipinski definition) is 9. The Labute approximate surface area is 346 Å². The molecule has 4 N–H and O–H groups in total. The van der Waals surface area contributed by atoms with Gasteiger partial charge in [0.25, 0.3) is 0 Å². The minimum absolute atomic E-state index is 0.0111. The molecule has 2 aromatic carbocycles. The van der Waals surface area contributed by atoms with Crippen molar-refractivity contribution < 1.29 is 38.2 Å². The number of ether oxygens (including phenoxy) is 2. The number of ketones is 2. The summed E-state index contributed by atoms with van der Waals surface area (Å²) in [5.41, 5.74) is 5.39. The zero-order valence-electron chi connectivity index (χ0n) is 33.4. The van der Waals surface area contributed by atoms with E-state index in [9.17, 15) is 28.8 Å². The fourth-order valence-corrected chi connectivity index (χ4v) is 8.78. The molecule has 1 fully saturated rings. The van der Waals surface area contributed by atoms with Crippen molar-refractivity contribution in [1.82, 2.24) is 35.4 Å². The van der Waals surface area contributed by atoms with Crippen molar-refractivity contribution in [3.8, 4) is 22.4 Å². The van der Waals surface area contributed by atoms with Gasteiger partial charge in [0.2, 0.25) is 11.8 Å². The first kappa shape index (κ1) is 41.2. The van der Waals surface area contributed by atoms with Crippen LogP contribution in [0.3, 0.4) is 0 Å². The van der Waals surface area contributed by atoms with E-state index in [0.717, 1.165) is 34.4 Å². The number of hydrogen-bond donors (Lipinski definition) is 4. The van der Waals surface area contributed by atoms with Gasteiger partial charge in [0, 0.05) is 48.6 Å². The van der Waals surface area contributed by atoms with Crippen molar-refractivity contribution in [2.45, 2.75) is 76.5 Å². The van der Waals surface area contributed by atoms with E-state index >= 15 is 0 Å². The molecule has 5 atom stereocenters. The number of Topliss-reactive ketones (excluding diaryl/α,β-unsaturated/α-hetero) is 2. The van der Waals surface area contributed by atoms with Gasteiger partial charge in [-0.2, -0.15) is 0 Å². The van der Waals surface area contributed by atoms with E-state index in [4.69, 9.17) is 26.1 Å². The standard InChI is InChI=1S/C43H48ClN7O8/c1-23(2)35(48-43(57)59-4)41(55)51-18-5-6-31(51)39-47-36(38(44)49-39)27-13-9-25(10-14-27)24-7-11-26(12-8-24)33(53)21-45-40(54)29-20-32(52)34-30(46-42(56)58-3)16-15-28-17-19-50(22-29)37(28)34/h7-14,17,19,23,29-31,34-35H,5-6,15-16,18,20-22H2,1-4H3,(H,45,54)(H,46,56)(H,47,49)(H,48,57)/t29-,30-,31-,34?,35-/m0/s1. The second-order valence-electron chi connectivity index (χ2n) is 15.6. The number of carbonyl (C=O) groups excluding carboxylic acids is 6. The summed E-state index contributed by atoms with van der Waals surface area (Å²) in [7, 11) is 2.54. The van der Waals surface area contributed by atoms with E-state index in [1.807, 2.05) is 67.1 Å². The summed E-state index contributed by atoms with van der Waals surface area (Å²) in [6.45, 7) is 4.32. The fraction of sp³-hybridized carbons (Fsp3) is 0.419. The predicted molar refractivity (Wildman–Crippen MR) is 218 cm³/mol. The topological polar surface area (TPSA) is 194 Å². The Hall–Kier alpha value is -5.96. The normalized spacial score (nSPS) is 20.3. The number of rotatable bonds is 11. The summed E-state index contributed by atoms with van der Waals surface area (Å²) in [4.78, 5) is 87.4. The molecule has 0 spiro atoms. The average molecular weight is 826 g/mol. The maximum Gasteiger partial charge on any atom is 0.407 e. The van der Waals surface area contributed by atoms with Crippen LogP contribution in [0.4, 0.5) is 9.59 Å². The van der Waals surface area contributed by atoms with Gasteiger partial charge in [-0.3, -0.25) is 19.2 Å². The Morgan fingerprint density at radius 1 is 0.932 bits per heavy atom. The van der Waals surface area contributed by atoms with Gasteiger partial charge in [0.1, 0.15) is 28.5 Å². The van der Waals surface area contributed by atoms with Crippen LogP contribution in [0.5, 0.6) is 0 Å². The molecule has 7 rings (SSSR count). The van der Waals surface area contributed by atoms with Gasteiger partial charge >= 0.3 is 12.2 Å². The molecular formula is C43H48ClN7O8. The molecule has 1 unspecified atom stereocenters. The molecule has 15 nitrogen and oxygen atoms in total. The molecule has 310 valence electrons. The van der Waals surface area contributed by atoms with E-state index in [-0.39, 0.29) is 48.3 Å². The minimum Gasteiger partial charge on any atom is -0.453 e. The average Bonchev–Trinajstić information content (AvgIpc) is 3.97. The minimum atomic E-state index is -0.748. The quantitative estimate of drug-likeness (QED) is 0.140. The molecule has 4 aromatic rings. The Bertz CT molecular complexity index is 2250. The smallest absolute Gasteiger partial charge is 0.407 e. The molecule has 1 saturated heterocycles. The Morgan fingerprint density at radius 2 is 1.61 bits per heavy atom. The van der Waals surface area contributed by atoms with Crippen LogP contribution in [-0.2, 0) is 36.8 Å². The number of aromatic amines is 1. The van der Waals surface area contributed by atoms with Crippen LogP contribution < -0.4 is 16.0 Å². The van der Waals surface area contributed by atoms with Crippen LogP contribution in [0.15, 0.2) is 60.8 Å². The van der Waals surface area contributed by atoms with Crippen LogP contribution in [0.1, 0.15) is 78.9 Å². The van der Waals surface area contributed by atoms with E-state index in [2.05, 4.69) is 20.9 Å². The van der Waals surface area contributed by atoms with Crippen molar-refractivity contribution in [1.29, 1.82) is 0 Å². The van der Waals surface area contributed by atoms with Crippen molar-refractivity contribution in [2.24, 2.45) is 11.8 Å². The summed E-state index contributed by atoms with van der Waals surface area (Å²) in [5, 5.41) is 8.56. The number of methoxy groups -OCH3 is 2. The van der Waals surface area contributed by atoms with E-state index in [0.29, 0.717) is 54.6 Å². The lowest BCUT2D eigenvalue weighted by molar-refractivity contribution is -0.135. The van der Waals surface area contributed by atoms with Crippen LogP contribution in [0.2, 0.25) is 5.15 Å². The second-order valence-corrected chi connectivity index (χ2v) is 16.0. The lowest BCUT2D eigenvalue weighted by Crippen LogP contribution is -2.51. The van der Waals surface area contributed by atoms with E-state index in [1.54, 1.807) is 17.0 Å². The molecule has 16 heteroatoms. The van der Waals surface area contributed by atoms with Gasteiger partial charge in [-0.25, -0.2) is 14.6 Å². The van der Waals surface area contributed by atoms with Crippen LogP contribution >= 0.6 is 11.6 Å². The largest absolute Gasteiger partial charge is 0.453 e. The van der Waals surface area contributed by atoms with Crippen LogP contribution in [0, 0.1) is 11.8 Å². The number of benzene rings is 2. The van der Waals surface area contributed by atoms with Crippen molar-refractivity contribution >= 4 is 47.2 Å². The van der Waals surface area contributed by atoms with Crippen molar-refractivity contribution in [3.63, 3.8) is 0 Å². The summed E-state index contributed by atoms with van der Waals surface area (Å²) < 4.78 is 11.5. The Kier molecular flexibility index (Phi) is 12.2. The number of aromatic nitrogens is 3. The molecule has 3 aliphatic rings. The number of imidazole rings is 1. The lowest BCUT2D eigenvalue weighted by Gasteiger charge is -2.31. The highest BCUT2D eigenvalue weighted by Crippen LogP contribution is 2.39. The van der Waals surface area contributed by atoms with E-state index in [1.165, 1.54) is 14.2 Å². The highest BCUT2D eigenvalue weighted by Gasteiger charge is 2.42. The highest BCUT2D eigenvalue weighted by molar-refractivity contribution is 6.32. The molecule has 2 aromatic heterocycles. The maximum absolute atomic E-state index is 13.6. The molecule has 0 radical (unpaired) electrons. The molecule has 4 amide bonds. The van der Waals surface area contributed by atoms with Gasteiger partial charge in [0.15, 0.2) is 5.78 Å². The first-order chi connectivity index (χ1) is 28.4. The van der Waals surface area contributed by atoms with Gasteiger partial charge in [-0.1, -0.05) is 74.0 Å². The van der Waals surface area contributed by atoms with Crippen LogP contribution in [-0.4, -0.2) is 94.4 Å². The molecule has 4 heterocycles. The second kappa shape index (κ2) is 17.5. The summed E-state index contributed by atoms with van der Waals surface area (Å²) in [6.07, 6.45) is 3.36. The first-order valence-electron chi connectivity index (χ1n) is 19.8. The molecule has 1 aliphatic carbocycles. The number of amides is 4. The number of alkyl carbamates (subject to hydrolysis) is 2. The number of likely N-dealkylation sites (tertiary alicyclic amines) is 1. The Morgan fingerprint density at radius 3 is 2.29 bits per heavy atom. The fourth-order valence-electron chi connectivity index (χ4n) is 8.53. The number of aryl methyl sites for hydroxylation is 1. The monoisotopic (exact) mass is 825 g/mol. The first-order valence-corrected chi connectivity index (χ1v) is 20.2. The van der Waals surface area contributed by atoms with Crippen molar-refractivity contribution in [2.75, 3.05) is 27.3 Å². The molecular weight excluding hydrogens is 778 g/mol. The number of H-pyrrole nitrogens is 1. The van der Waals surface area contributed by atoms with Gasteiger partial charge < -0.3 is 39.9 Å². The zero-order chi connectivity index (χ0) is 42.0. The third-order valence-electron chi connectivity index (χ3n) is 11.6. The third-order valence-corrected chi connectivity index (χ3v) is 11.9. The third kappa shape index (κ3) is 8.61. The van der Waals surface area contributed by atoms with Gasteiger partial charge in [0.05, 0.1) is 38.6 Å². The maximum atomic E-state index is 13.6. The summed E-state index contributed by atoms with van der Waals surface area (Å²) in [5.74, 6) is -1.83. The van der Waals surface area contributed by atoms with E-state index < -0.39 is 36.1 Å². The van der Waals surface area contributed by atoms with Crippen molar-refractivity contribution in [3.05, 3.63) is 88.6 Å². The highest BCUT2D eigenvalue weighted by atomic mass is 35.5. The Balaban J connectivity index is 0.962. The summed E-state index contributed by atoms with van der Waals surface area (Å²) in [6, 6.07) is 15.2. The molecule has 2 aliphatic heterocycles. The molecule has 0 bridgehead atoms. The van der Waals surface area contributed by atoms with Crippen LogP contribution in [0.25, 0.3) is 22.4 Å². The summed E-state index contributed by atoms with van der Waals surface area (Å²) >= 11 is 6.67. The lowest BCUT2D eigenvalue weighted by atomic mass is 9.79. The van der Waals surface area contributed by atoms with Gasteiger partial charge in [-0.05, 0) is 54.4 Å².